The molecule has 1 heterocycles. The van der Waals surface area contributed by atoms with Crippen LogP contribution in [0.3, 0.4) is 0 Å². The third kappa shape index (κ3) is 2.73. The van der Waals surface area contributed by atoms with Gasteiger partial charge in [-0.25, -0.2) is 0 Å². The smallest absolute Gasteiger partial charge is 0.297 e. The van der Waals surface area contributed by atoms with Gasteiger partial charge in [0, 0.05) is 19.6 Å². The number of nitrogens with zero attached hydrogens (tertiary/aromatic N) is 2. The predicted molar refractivity (Wildman–Crippen MR) is 57.4 cm³/mol. The monoisotopic (exact) mass is 197 g/mol. The first kappa shape index (κ1) is 11.0. The van der Waals surface area contributed by atoms with Crippen LogP contribution < -0.4 is 10.2 Å². The highest BCUT2D eigenvalue weighted by atomic mass is 16.4. The van der Waals surface area contributed by atoms with Crippen molar-refractivity contribution in [3.63, 3.8) is 0 Å². The van der Waals surface area contributed by atoms with E-state index in [4.69, 9.17) is 4.42 Å². The van der Waals surface area contributed by atoms with Crippen LogP contribution >= 0.6 is 0 Å². The number of anilines is 1. The summed E-state index contributed by atoms with van der Waals surface area (Å²) in [6.45, 7) is 8.00. The fourth-order valence-electron chi connectivity index (χ4n) is 1.01. The second kappa shape index (κ2) is 5.00. The highest BCUT2D eigenvalue weighted by molar-refractivity contribution is 5.26. The quantitative estimate of drug-likeness (QED) is 0.779. The number of hydrogen-bond acceptors (Lipinski definition) is 4. The zero-order chi connectivity index (χ0) is 10.6. The Morgan fingerprint density at radius 3 is 2.86 bits per heavy atom. The summed E-state index contributed by atoms with van der Waals surface area (Å²) in [5.41, 5.74) is 0.953. The zero-order valence-electron chi connectivity index (χ0n) is 9.37. The molecule has 1 rings (SSSR count). The molecule has 14 heavy (non-hydrogen) atoms. The minimum atomic E-state index is 0.403. The maximum Gasteiger partial charge on any atom is 0.297 e. The van der Waals surface area contributed by atoms with E-state index in [1.165, 1.54) is 0 Å². The third-order valence-corrected chi connectivity index (χ3v) is 2.17. The summed E-state index contributed by atoms with van der Waals surface area (Å²) in [4.78, 5) is 6.38. The molecule has 0 aliphatic rings. The van der Waals surface area contributed by atoms with Crippen LogP contribution in [0.5, 0.6) is 0 Å². The van der Waals surface area contributed by atoms with Gasteiger partial charge in [0.15, 0.2) is 0 Å². The van der Waals surface area contributed by atoms with E-state index < -0.39 is 0 Å². The molecule has 0 saturated carbocycles. The molecule has 4 nitrogen and oxygen atoms in total. The second-order valence-electron chi connectivity index (χ2n) is 3.61. The first-order valence-electron chi connectivity index (χ1n) is 5.03. The molecule has 0 aliphatic carbocycles. The fraction of sp³-hybridized carbons (Fsp3) is 0.700. The number of oxazole rings is 1. The van der Waals surface area contributed by atoms with Gasteiger partial charge in [-0.3, -0.25) is 0 Å². The summed E-state index contributed by atoms with van der Waals surface area (Å²) in [7, 11) is 1.98. The Kier molecular flexibility index (Phi) is 3.95. The molecule has 4 heteroatoms. The van der Waals surface area contributed by atoms with Gasteiger partial charge in [-0.1, -0.05) is 6.92 Å². The van der Waals surface area contributed by atoms with Gasteiger partial charge in [-0.2, -0.15) is 4.98 Å². The number of nitrogens with one attached hydrogen (secondary N) is 1. The van der Waals surface area contributed by atoms with Crippen molar-refractivity contribution in [2.45, 2.75) is 33.4 Å². The van der Waals surface area contributed by atoms with Crippen LogP contribution in [-0.4, -0.2) is 24.6 Å². The molecule has 0 amide bonds. The lowest BCUT2D eigenvalue weighted by Gasteiger charge is -2.18. The summed E-state index contributed by atoms with van der Waals surface area (Å²) in [5.74, 6) is 0. The van der Waals surface area contributed by atoms with Crippen LogP contribution in [0.25, 0.3) is 0 Å². The van der Waals surface area contributed by atoms with E-state index >= 15 is 0 Å². The van der Waals surface area contributed by atoms with Crippen molar-refractivity contribution >= 4 is 6.01 Å². The lowest BCUT2D eigenvalue weighted by atomic mass is 10.4. The SMILES string of the molecule is CCNCc1coc(N(C)C(C)C)n1. The Labute approximate surface area is 85.3 Å². The van der Waals surface area contributed by atoms with Crippen LogP contribution in [0.1, 0.15) is 26.5 Å². The van der Waals surface area contributed by atoms with E-state index in [1.54, 1.807) is 6.26 Å². The van der Waals surface area contributed by atoms with Crippen molar-refractivity contribution in [2.24, 2.45) is 0 Å². The topological polar surface area (TPSA) is 41.3 Å². The molecule has 1 N–H and O–H groups in total. The molecule has 1 aromatic rings. The molecular formula is C10H19N3O. The standard InChI is InChI=1S/C10H19N3O/c1-5-11-6-9-7-14-10(12-9)13(4)8(2)3/h7-8,11H,5-6H2,1-4H3. The van der Waals surface area contributed by atoms with Crippen molar-refractivity contribution in [1.82, 2.24) is 10.3 Å². The predicted octanol–water partition coefficient (Wildman–Crippen LogP) is 1.63. The Hall–Kier alpha value is -1.03. The summed E-state index contributed by atoms with van der Waals surface area (Å²) < 4.78 is 5.36. The van der Waals surface area contributed by atoms with Gasteiger partial charge >= 0.3 is 0 Å². The van der Waals surface area contributed by atoms with E-state index in [0.717, 1.165) is 18.8 Å². The van der Waals surface area contributed by atoms with Gasteiger partial charge in [0.25, 0.3) is 6.01 Å². The molecule has 0 spiro atoms. The number of hydrogen-bond donors (Lipinski definition) is 1. The molecule has 0 saturated heterocycles. The molecule has 0 bridgehead atoms. The van der Waals surface area contributed by atoms with Crippen molar-refractivity contribution in [2.75, 3.05) is 18.5 Å². The van der Waals surface area contributed by atoms with Gasteiger partial charge in [0.1, 0.15) is 6.26 Å². The minimum absolute atomic E-state index is 0.403. The molecule has 0 aliphatic heterocycles. The summed E-state index contributed by atoms with van der Waals surface area (Å²) in [6, 6.07) is 1.09. The largest absolute Gasteiger partial charge is 0.432 e. The van der Waals surface area contributed by atoms with E-state index in [1.807, 2.05) is 11.9 Å². The summed E-state index contributed by atoms with van der Waals surface area (Å²) in [5, 5.41) is 3.21. The average Bonchev–Trinajstić information content (AvgIpc) is 2.61. The molecular weight excluding hydrogens is 178 g/mol. The van der Waals surface area contributed by atoms with Gasteiger partial charge in [0.2, 0.25) is 0 Å². The first-order valence-corrected chi connectivity index (χ1v) is 5.03. The highest BCUT2D eigenvalue weighted by Gasteiger charge is 2.10. The van der Waals surface area contributed by atoms with Crippen molar-refractivity contribution in [3.05, 3.63) is 12.0 Å². The molecule has 0 fully saturated rings. The molecule has 0 aromatic carbocycles. The maximum absolute atomic E-state index is 5.36. The molecule has 0 radical (unpaired) electrons. The summed E-state index contributed by atoms with van der Waals surface area (Å²) in [6.07, 6.45) is 1.71. The lowest BCUT2D eigenvalue weighted by molar-refractivity contribution is 0.528. The molecule has 80 valence electrons. The third-order valence-electron chi connectivity index (χ3n) is 2.17. The van der Waals surface area contributed by atoms with Crippen molar-refractivity contribution in [3.8, 4) is 0 Å². The van der Waals surface area contributed by atoms with E-state index in [-0.39, 0.29) is 0 Å². The maximum atomic E-state index is 5.36. The minimum Gasteiger partial charge on any atom is -0.432 e. The molecule has 1 aromatic heterocycles. The Balaban J connectivity index is 2.58. The second-order valence-corrected chi connectivity index (χ2v) is 3.61. The van der Waals surface area contributed by atoms with Gasteiger partial charge < -0.3 is 14.6 Å². The van der Waals surface area contributed by atoms with Crippen molar-refractivity contribution in [1.29, 1.82) is 0 Å². The summed E-state index contributed by atoms with van der Waals surface area (Å²) >= 11 is 0. The van der Waals surface area contributed by atoms with Gasteiger partial charge in [-0.05, 0) is 20.4 Å². The van der Waals surface area contributed by atoms with Gasteiger partial charge in [0.05, 0.1) is 5.69 Å². The van der Waals surface area contributed by atoms with Gasteiger partial charge in [-0.15, -0.1) is 0 Å². The number of rotatable bonds is 5. The van der Waals surface area contributed by atoms with Crippen LogP contribution in [0.2, 0.25) is 0 Å². The highest BCUT2D eigenvalue weighted by Crippen LogP contribution is 2.13. The van der Waals surface area contributed by atoms with E-state index in [2.05, 4.69) is 31.1 Å². The van der Waals surface area contributed by atoms with Crippen LogP contribution in [0.4, 0.5) is 6.01 Å². The average molecular weight is 197 g/mol. The van der Waals surface area contributed by atoms with E-state index in [9.17, 15) is 0 Å². The Morgan fingerprint density at radius 2 is 2.29 bits per heavy atom. The normalized spacial score (nSPS) is 10.9. The molecule has 0 atom stereocenters. The fourth-order valence-corrected chi connectivity index (χ4v) is 1.01. The zero-order valence-corrected chi connectivity index (χ0v) is 9.37. The van der Waals surface area contributed by atoms with E-state index in [0.29, 0.717) is 12.1 Å². The van der Waals surface area contributed by atoms with Crippen LogP contribution in [0, 0.1) is 0 Å². The first-order chi connectivity index (χ1) is 6.65. The van der Waals surface area contributed by atoms with Crippen molar-refractivity contribution < 1.29 is 4.42 Å². The van der Waals surface area contributed by atoms with Crippen LogP contribution in [-0.2, 0) is 6.54 Å². The van der Waals surface area contributed by atoms with Crippen LogP contribution in [0.15, 0.2) is 10.7 Å². The number of aromatic nitrogens is 1. The molecule has 0 unspecified atom stereocenters. The Bertz CT molecular complexity index is 270. The Morgan fingerprint density at radius 1 is 1.57 bits per heavy atom. The lowest BCUT2D eigenvalue weighted by Crippen LogP contribution is -2.25.